The number of aliphatic hydroxyl groups is 1. The van der Waals surface area contributed by atoms with Gasteiger partial charge >= 0.3 is 0 Å². The van der Waals surface area contributed by atoms with Crippen molar-refractivity contribution in [2.24, 2.45) is 0 Å². The molecule has 5 aromatic rings. The Labute approximate surface area is 250 Å². The third-order valence-electron chi connectivity index (χ3n) is 7.19. The summed E-state index contributed by atoms with van der Waals surface area (Å²) in [6.07, 6.45) is 0.697. The molecule has 5 rings (SSSR count). The first-order valence-corrected chi connectivity index (χ1v) is 14.3. The second kappa shape index (κ2) is 14.3. The van der Waals surface area contributed by atoms with E-state index in [2.05, 4.69) is 39.9 Å². The van der Waals surface area contributed by atoms with Crippen LogP contribution in [0.1, 0.15) is 45.1 Å². The number of fused-ring (bicyclic) bond motifs is 1. The molecule has 5 N–H and O–H groups in total. The molecule has 0 aliphatic rings. The van der Waals surface area contributed by atoms with Crippen LogP contribution in [0.2, 0.25) is 0 Å². The lowest BCUT2D eigenvalue weighted by Gasteiger charge is -2.15. The summed E-state index contributed by atoms with van der Waals surface area (Å²) in [5.41, 5.74) is 4.58. The van der Waals surface area contributed by atoms with E-state index >= 15 is 0 Å². The van der Waals surface area contributed by atoms with Gasteiger partial charge in [-0.3, -0.25) is 9.59 Å². The minimum absolute atomic E-state index is 0.0456. The highest BCUT2D eigenvalue weighted by Gasteiger charge is 2.14. The molecule has 43 heavy (non-hydrogen) atoms. The first-order valence-electron chi connectivity index (χ1n) is 14.3. The lowest BCUT2D eigenvalue weighted by atomic mass is 10.0. The highest BCUT2D eigenvalue weighted by Crippen LogP contribution is 2.28. The van der Waals surface area contributed by atoms with Crippen molar-refractivity contribution in [3.8, 4) is 11.5 Å². The van der Waals surface area contributed by atoms with Crippen LogP contribution in [0.25, 0.3) is 10.9 Å². The van der Waals surface area contributed by atoms with Crippen molar-refractivity contribution in [3.05, 3.63) is 141 Å². The number of rotatable bonds is 13. The molecule has 0 unspecified atom stereocenters. The zero-order valence-corrected chi connectivity index (χ0v) is 23.8. The van der Waals surface area contributed by atoms with Gasteiger partial charge in [-0.2, -0.15) is 0 Å². The van der Waals surface area contributed by atoms with Gasteiger partial charge in [0.15, 0.2) is 0 Å². The number of hydrogen-bond donors (Lipinski definition) is 5. The molecule has 0 aliphatic heterocycles. The first kappa shape index (κ1) is 29.6. The third kappa shape index (κ3) is 8.09. The van der Waals surface area contributed by atoms with Crippen molar-refractivity contribution in [1.29, 1.82) is 0 Å². The number of carbonyl (C=O) groups is 1. The molecule has 1 amide bonds. The maximum absolute atomic E-state index is 12.6. The van der Waals surface area contributed by atoms with E-state index < -0.39 is 6.10 Å². The molecule has 4 aromatic carbocycles. The standard InChI is InChI=1S/C35H35N3O5/c39-31-16-14-29(30-15-17-33(41)38-34(30)31)32(40)22-36-18-5-19-37-35(42)27-12-10-25(11-13-27)23-43-28-9-4-8-26(21-28)20-24-6-2-1-3-7-24/h1-4,6-17,21,32,36,39-40H,5,18-20,22-23H2,(H,37,42)(H,38,41)/t32-/m1/s1. The first-order chi connectivity index (χ1) is 21.0. The molecule has 1 atom stereocenters. The number of phenols is 1. The van der Waals surface area contributed by atoms with E-state index in [1.54, 1.807) is 24.3 Å². The number of aromatic hydroxyl groups is 1. The number of H-pyrrole nitrogens is 1. The van der Waals surface area contributed by atoms with Crippen LogP contribution >= 0.6 is 0 Å². The van der Waals surface area contributed by atoms with Crippen molar-refractivity contribution in [3.63, 3.8) is 0 Å². The predicted molar refractivity (Wildman–Crippen MR) is 167 cm³/mol. The van der Waals surface area contributed by atoms with Crippen molar-refractivity contribution >= 4 is 16.8 Å². The molecule has 220 valence electrons. The maximum Gasteiger partial charge on any atom is 0.251 e. The number of aromatic amines is 1. The molecule has 0 bridgehead atoms. The Morgan fingerprint density at radius 3 is 2.44 bits per heavy atom. The molecule has 0 fully saturated rings. The van der Waals surface area contributed by atoms with E-state index in [4.69, 9.17) is 4.74 Å². The monoisotopic (exact) mass is 577 g/mol. The Morgan fingerprint density at radius 2 is 1.63 bits per heavy atom. The minimum Gasteiger partial charge on any atom is -0.506 e. The molecule has 0 radical (unpaired) electrons. The number of phenolic OH excluding ortho intramolecular Hbond substituents is 1. The Hall–Kier alpha value is -4.92. The second-order valence-corrected chi connectivity index (χ2v) is 10.4. The zero-order chi connectivity index (χ0) is 30.0. The predicted octanol–water partition coefficient (Wildman–Crippen LogP) is 4.85. The summed E-state index contributed by atoms with van der Waals surface area (Å²) >= 11 is 0. The van der Waals surface area contributed by atoms with Gasteiger partial charge in [0, 0.05) is 30.1 Å². The fourth-order valence-corrected chi connectivity index (χ4v) is 4.91. The topological polar surface area (TPSA) is 124 Å². The van der Waals surface area contributed by atoms with Gasteiger partial charge in [-0.05, 0) is 78.0 Å². The van der Waals surface area contributed by atoms with Crippen LogP contribution in [0.3, 0.4) is 0 Å². The Bertz CT molecular complexity index is 1720. The van der Waals surface area contributed by atoms with Crippen molar-refractivity contribution in [2.45, 2.75) is 25.6 Å². The molecule has 0 saturated heterocycles. The van der Waals surface area contributed by atoms with Gasteiger partial charge in [-0.1, -0.05) is 60.7 Å². The Kier molecular flexibility index (Phi) is 9.84. The maximum atomic E-state index is 12.6. The number of pyridine rings is 1. The zero-order valence-electron chi connectivity index (χ0n) is 23.8. The van der Waals surface area contributed by atoms with Gasteiger partial charge in [-0.15, -0.1) is 0 Å². The summed E-state index contributed by atoms with van der Waals surface area (Å²) in [6.45, 7) is 1.77. The minimum atomic E-state index is -0.829. The van der Waals surface area contributed by atoms with Crippen molar-refractivity contribution in [1.82, 2.24) is 15.6 Å². The number of carbonyl (C=O) groups excluding carboxylic acids is 1. The number of benzene rings is 4. The quantitative estimate of drug-likeness (QED) is 0.128. The van der Waals surface area contributed by atoms with Crippen molar-refractivity contribution in [2.75, 3.05) is 19.6 Å². The van der Waals surface area contributed by atoms with Crippen molar-refractivity contribution < 1.29 is 19.7 Å². The Balaban J connectivity index is 1.02. The van der Waals surface area contributed by atoms with Crippen LogP contribution in [0.4, 0.5) is 0 Å². The number of amides is 1. The summed E-state index contributed by atoms with van der Waals surface area (Å²) in [7, 11) is 0. The molecular formula is C35H35N3O5. The highest BCUT2D eigenvalue weighted by molar-refractivity contribution is 5.94. The molecule has 0 spiro atoms. The molecular weight excluding hydrogens is 542 g/mol. The number of hydrogen-bond acceptors (Lipinski definition) is 6. The van der Waals surface area contributed by atoms with Crippen LogP contribution < -0.4 is 20.9 Å². The highest BCUT2D eigenvalue weighted by atomic mass is 16.5. The lowest BCUT2D eigenvalue weighted by Crippen LogP contribution is -2.29. The van der Waals surface area contributed by atoms with Gasteiger partial charge in [0.25, 0.3) is 5.91 Å². The van der Waals surface area contributed by atoms with Gasteiger partial charge in [0.1, 0.15) is 18.1 Å². The molecule has 8 nitrogen and oxygen atoms in total. The SMILES string of the molecule is O=C(NCCCNC[C@@H](O)c1ccc(O)c2[nH]c(=O)ccc12)c1ccc(COc2cccc(Cc3ccccc3)c2)cc1. The average molecular weight is 578 g/mol. The number of nitrogens with one attached hydrogen (secondary N) is 3. The van der Waals surface area contributed by atoms with E-state index in [1.165, 1.54) is 23.3 Å². The number of aromatic nitrogens is 1. The van der Waals surface area contributed by atoms with Crippen LogP contribution in [-0.4, -0.2) is 40.7 Å². The summed E-state index contributed by atoms with van der Waals surface area (Å²) in [4.78, 5) is 26.8. The average Bonchev–Trinajstić information content (AvgIpc) is 3.03. The molecule has 1 aromatic heterocycles. The van der Waals surface area contributed by atoms with E-state index in [0.29, 0.717) is 48.1 Å². The largest absolute Gasteiger partial charge is 0.506 e. The third-order valence-corrected chi connectivity index (χ3v) is 7.19. The summed E-state index contributed by atoms with van der Waals surface area (Å²) in [6, 6.07) is 31.9. The van der Waals surface area contributed by atoms with Crippen LogP contribution in [-0.2, 0) is 13.0 Å². The van der Waals surface area contributed by atoms with Gasteiger partial charge in [0.2, 0.25) is 5.56 Å². The molecule has 8 heteroatoms. The normalized spacial score (nSPS) is 11.7. The van der Waals surface area contributed by atoms with Gasteiger partial charge in [0.05, 0.1) is 11.6 Å². The summed E-state index contributed by atoms with van der Waals surface area (Å²) in [5.74, 6) is 0.616. The van der Waals surface area contributed by atoms with Crippen LogP contribution in [0.5, 0.6) is 11.5 Å². The van der Waals surface area contributed by atoms with Gasteiger partial charge in [-0.25, -0.2) is 0 Å². The number of aliphatic hydroxyl groups excluding tert-OH is 1. The summed E-state index contributed by atoms with van der Waals surface area (Å²) < 4.78 is 6.00. The van der Waals surface area contributed by atoms with E-state index in [9.17, 15) is 19.8 Å². The molecule has 1 heterocycles. The summed E-state index contributed by atoms with van der Waals surface area (Å²) in [5, 5.41) is 27.4. The van der Waals surface area contributed by atoms with Crippen LogP contribution in [0.15, 0.2) is 108 Å². The molecule has 0 saturated carbocycles. The van der Waals surface area contributed by atoms with E-state index in [-0.39, 0.29) is 23.8 Å². The second-order valence-electron chi connectivity index (χ2n) is 10.4. The fourth-order valence-electron chi connectivity index (χ4n) is 4.91. The van der Waals surface area contributed by atoms with E-state index in [0.717, 1.165) is 17.7 Å². The van der Waals surface area contributed by atoms with Gasteiger partial charge < -0.3 is 30.6 Å². The van der Waals surface area contributed by atoms with E-state index in [1.807, 2.05) is 42.5 Å². The fraction of sp³-hybridized carbons (Fsp3) is 0.200. The number of ether oxygens (including phenoxy) is 1. The smallest absolute Gasteiger partial charge is 0.251 e. The molecule has 0 aliphatic carbocycles. The van der Waals surface area contributed by atoms with Crippen LogP contribution in [0, 0.1) is 0 Å². The lowest BCUT2D eigenvalue weighted by molar-refractivity contribution is 0.0952. The Morgan fingerprint density at radius 1 is 0.837 bits per heavy atom.